The second kappa shape index (κ2) is 2.65. The SMILES string of the molecule is C[C@@H]1OC(CO)C(=O)[C@H]1O. The van der Waals surface area contributed by atoms with Crippen LogP contribution in [0.2, 0.25) is 0 Å². The Kier molecular flexibility index (Phi) is 2.03. The molecule has 4 heteroatoms. The van der Waals surface area contributed by atoms with Crippen molar-refractivity contribution in [2.75, 3.05) is 6.61 Å². The summed E-state index contributed by atoms with van der Waals surface area (Å²) >= 11 is 0. The summed E-state index contributed by atoms with van der Waals surface area (Å²) in [6.45, 7) is 1.25. The second-order valence-electron chi connectivity index (χ2n) is 2.36. The Balaban J connectivity index is 2.62. The largest absolute Gasteiger partial charge is 0.393 e. The van der Waals surface area contributed by atoms with E-state index in [1.807, 2.05) is 0 Å². The Hall–Kier alpha value is -0.450. The van der Waals surface area contributed by atoms with Crippen molar-refractivity contribution in [1.29, 1.82) is 0 Å². The molecule has 0 amide bonds. The molecule has 0 aromatic heterocycles. The van der Waals surface area contributed by atoms with Crippen LogP contribution in [-0.2, 0) is 9.53 Å². The molecule has 1 aliphatic rings. The summed E-state index contributed by atoms with van der Waals surface area (Å²) in [4.78, 5) is 10.8. The van der Waals surface area contributed by atoms with Crippen molar-refractivity contribution >= 4 is 5.78 Å². The third kappa shape index (κ3) is 1.05. The molecule has 0 spiro atoms. The Morgan fingerprint density at radius 2 is 2.30 bits per heavy atom. The number of aliphatic hydroxyl groups is 2. The zero-order valence-electron chi connectivity index (χ0n) is 5.65. The van der Waals surface area contributed by atoms with Gasteiger partial charge in [0.05, 0.1) is 12.7 Å². The molecular weight excluding hydrogens is 136 g/mol. The fraction of sp³-hybridized carbons (Fsp3) is 0.833. The zero-order valence-corrected chi connectivity index (χ0v) is 5.65. The predicted molar refractivity (Wildman–Crippen MR) is 32.4 cm³/mol. The molecule has 58 valence electrons. The highest BCUT2D eigenvalue weighted by molar-refractivity contribution is 5.89. The van der Waals surface area contributed by atoms with E-state index in [1.54, 1.807) is 6.92 Å². The minimum atomic E-state index is -1.06. The van der Waals surface area contributed by atoms with Crippen LogP contribution in [0.3, 0.4) is 0 Å². The van der Waals surface area contributed by atoms with Crippen molar-refractivity contribution in [3.8, 4) is 0 Å². The number of ether oxygens (including phenoxy) is 1. The quantitative estimate of drug-likeness (QED) is 0.482. The van der Waals surface area contributed by atoms with Crippen LogP contribution in [0, 0.1) is 0 Å². The highest BCUT2D eigenvalue weighted by Gasteiger charge is 2.38. The number of carbonyl (C=O) groups is 1. The molecule has 0 aromatic carbocycles. The van der Waals surface area contributed by atoms with Gasteiger partial charge in [-0.1, -0.05) is 0 Å². The van der Waals surface area contributed by atoms with Gasteiger partial charge in [0.2, 0.25) is 0 Å². The van der Waals surface area contributed by atoms with Crippen molar-refractivity contribution < 1.29 is 19.7 Å². The van der Waals surface area contributed by atoms with Crippen LogP contribution in [-0.4, -0.2) is 40.9 Å². The molecule has 10 heavy (non-hydrogen) atoms. The maximum Gasteiger partial charge on any atom is 0.194 e. The molecule has 0 saturated carbocycles. The number of hydrogen-bond donors (Lipinski definition) is 2. The number of ketones is 1. The minimum Gasteiger partial charge on any atom is -0.393 e. The first-order chi connectivity index (χ1) is 4.66. The number of hydrogen-bond acceptors (Lipinski definition) is 4. The molecule has 1 fully saturated rings. The summed E-state index contributed by atoms with van der Waals surface area (Å²) < 4.78 is 4.89. The van der Waals surface area contributed by atoms with E-state index >= 15 is 0 Å². The van der Waals surface area contributed by atoms with Gasteiger partial charge in [-0.25, -0.2) is 0 Å². The molecule has 0 aliphatic carbocycles. The average molecular weight is 146 g/mol. The molecule has 1 aliphatic heterocycles. The third-order valence-electron chi connectivity index (χ3n) is 1.60. The van der Waals surface area contributed by atoms with Gasteiger partial charge < -0.3 is 14.9 Å². The Bertz CT molecular complexity index is 145. The lowest BCUT2D eigenvalue weighted by atomic mass is 10.1. The number of Topliss-reactive ketones (excluding diaryl/α,β-unsaturated/α-hetero) is 1. The number of carbonyl (C=O) groups excluding carboxylic acids is 1. The van der Waals surface area contributed by atoms with Crippen molar-refractivity contribution in [1.82, 2.24) is 0 Å². The summed E-state index contributed by atoms with van der Waals surface area (Å²) in [5, 5.41) is 17.5. The van der Waals surface area contributed by atoms with Gasteiger partial charge in [-0.15, -0.1) is 0 Å². The van der Waals surface area contributed by atoms with E-state index in [9.17, 15) is 4.79 Å². The zero-order chi connectivity index (χ0) is 7.72. The third-order valence-corrected chi connectivity index (χ3v) is 1.60. The van der Waals surface area contributed by atoms with E-state index in [4.69, 9.17) is 14.9 Å². The topological polar surface area (TPSA) is 66.8 Å². The first kappa shape index (κ1) is 7.65. The summed E-state index contributed by atoms with van der Waals surface area (Å²) in [6.07, 6.45) is -2.35. The van der Waals surface area contributed by atoms with Crippen LogP contribution >= 0.6 is 0 Å². The lowest BCUT2D eigenvalue weighted by molar-refractivity contribution is -0.128. The monoisotopic (exact) mass is 146 g/mol. The van der Waals surface area contributed by atoms with Gasteiger partial charge in [0.1, 0.15) is 12.2 Å². The summed E-state index contributed by atoms with van der Waals surface area (Å²) in [6, 6.07) is 0. The van der Waals surface area contributed by atoms with Gasteiger partial charge in [-0.3, -0.25) is 4.79 Å². The molecule has 1 unspecified atom stereocenters. The van der Waals surface area contributed by atoms with Crippen molar-refractivity contribution in [2.24, 2.45) is 0 Å². The van der Waals surface area contributed by atoms with Crippen LogP contribution < -0.4 is 0 Å². The van der Waals surface area contributed by atoms with Crippen molar-refractivity contribution in [3.63, 3.8) is 0 Å². The molecule has 1 rings (SSSR count). The summed E-state index contributed by atoms with van der Waals surface area (Å²) in [7, 11) is 0. The first-order valence-electron chi connectivity index (χ1n) is 3.15. The Morgan fingerprint density at radius 1 is 1.70 bits per heavy atom. The molecule has 2 N–H and O–H groups in total. The Morgan fingerprint density at radius 3 is 2.50 bits per heavy atom. The van der Waals surface area contributed by atoms with E-state index in [2.05, 4.69) is 0 Å². The second-order valence-corrected chi connectivity index (χ2v) is 2.36. The minimum absolute atomic E-state index is 0.347. The van der Waals surface area contributed by atoms with Crippen molar-refractivity contribution in [2.45, 2.75) is 25.2 Å². The van der Waals surface area contributed by atoms with E-state index in [0.717, 1.165) is 0 Å². The highest BCUT2D eigenvalue weighted by atomic mass is 16.5. The van der Waals surface area contributed by atoms with Crippen molar-refractivity contribution in [3.05, 3.63) is 0 Å². The van der Waals surface area contributed by atoms with Crippen LogP contribution in [0.1, 0.15) is 6.92 Å². The Labute approximate surface area is 58.4 Å². The predicted octanol–water partition coefficient (Wildman–Crippen LogP) is -1.30. The van der Waals surface area contributed by atoms with E-state index < -0.39 is 24.1 Å². The van der Waals surface area contributed by atoms with Crippen LogP contribution in [0.15, 0.2) is 0 Å². The number of rotatable bonds is 1. The highest BCUT2D eigenvalue weighted by Crippen LogP contribution is 2.15. The molecule has 0 bridgehead atoms. The van der Waals surface area contributed by atoms with E-state index in [-0.39, 0.29) is 6.61 Å². The van der Waals surface area contributed by atoms with Gasteiger partial charge in [0.15, 0.2) is 5.78 Å². The van der Waals surface area contributed by atoms with Crippen LogP contribution in [0.25, 0.3) is 0 Å². The van der Waals surface area contributed by atoms with E-state index in [0.29, 0.717) is 0 Å². The smallest absolute Gasteiger partial charge is 0.194 e. The lowest BCUT2D eigenvalue weighted by Gasteiger charge is -2.03. The fourth-order valence-electron chi connectivity index (χ4n) is 0.955. The maximum absolute atomic E-state index is 10.8. The number of aliphatic hydroxyl groups excluding tert-OH is 2. The van der Waals surface area contributed by atoms with Crippen LogP contribution in [0.5, 0.6) is 0 Å². The maximum atomic E-state index is 10.8. The fourth-order valence-corrected chi connectivity index (χ4v) is 0.955. The summed E-state index contributed by atoms with van der Waals surface area (Å²) in [5.74, 6) is -0.421. The molecule has 0 aromatic rings. The van der Waals surface area contributed by atoms with Crippen LogP contribution in [0.4, 0.5) is 0 Å². The standard InChI is InChI=1S/C6H10O4/c1-3-5(8)6(9)4(2-7)10-3/h3-5,7-8H,2H2,1H3/t3-,4?,5-/m0/s1. The van der Waals surface area contributed by atoms with Gasteiger partial charge in [-0.2, -0.15) is 0 Å². The summed E-state index contributed by atoms with van der Waals surface area (Å²) in [5.41, 5.74) is 0. The molecule has 1 saturated heterocycles. The van der Waals surface area contributed by atoms with Gasteiger partial charge in [0.25, 0.3) is 0 Å². The first-order valence-corrected chi connectivity index (χ1v) is 3.15. The lowest BCUT2D eigenvalue weighted by Crippen LogP contribution is -2.27. The normalized spacial score (nSPS) is 40.7. The average Bonchev–Trinajstić information content (AvgIpc) is 2.17. The molecule has 1 heterocycles. The molecule has 3 atom stereocenters. The molecular formula is C6H10O4. The molecule has 4 nitrogen and oxygen atoms in total. The van der Waals surface area contributed by atoms with Gasteiger partial charge in [0, 0.05) is 0 Å². The van der Waals surface area contributed by atoms with Gasteiger partial charge >= 0.3 is 0 Å². The molecule has 0 radical (unpaired) electrons. The van der Waals surface area contributed by atoms with E-state index in [1.165, 1.54) is 0 Å². The van der Waals surface area contributed by atoms with Gasteiger partial charge in [-0.05, 0) is 6.92 Å².